The van der Waals surface area contributed by atoms with Crippen LogP contribution < -0.4 is 4.72 Å². The lowest BCUT2D eigenvalue weighted by molar-refractivity contribution is 0.180. The minimum absolute atomic E-state index is 0.0412. The summed E-state index contributed by atoms with van der Waals surface area (Å²) < 4.78 is 28.8. The first-order chi connectivity index (χ1) is 12.6. The van der Waals surface area contributed by atoms with Crippen molar-refractivity contribution in [1.29, 1.82) is 0 Å². The van der Waals surface area contributed by atoms with Gasteiger partial charge in [0.2, 0.25) is 10.0 Å². The van der Waals surface area contributed by atoms with Crippen LogP contribution in [0.2, 0.25) is 4.34 Å². The minimum Gasteiger partial charge on any atom is -0.295 e. The molecule has 26 heavy (non-hydrogen) atoms. The summed E-state index contributed by atoms with van der Waals surface area (Å²) in [6.07, 6.45) is 6.12. The molecule has 142 valence electrons. The smallest absolute Gasteiger partial charge is 0.250 e. The zero-order valence-corrected chi connectivity index (χ0v) is 17.1. The van der Waals surface area contributed by atoms with E-state index in [0.717, 1.165) is 42.8 Å². The lowest BCUT2D eigenvalue weighted by Crippen LogP contribution is -2.39. The molecule has 2 heterocycles. The molecule has 1 fully saturated rings. The number of likely N-dealkylation sites (tertiary alicyclic amines) is 1. The molecular weight excluding hydrogens is 388 g/mol. The van der Waals surface area contributed by atoms with Crippen LogP contribution in [0.3, 0.4) is 0 Å². The van der Waals surface area contributed by atoms with E-state index in [0.29, 0.717) is 10.9 Å². The van der Waals surface area contributed by atoms with Gasteiger partial charge in [-0.25, -0.2) is 13.1 Å². The quantitative estimate of drug-likeness (QED) is 0.748. The van der Waals surface area contributed by atoms with Crippen LogP contribution in [-0.2, 0) is 10.0 Å². The molecular formula is C19H25ClN2O2S2. The molecule has 1 aliphatic rings. The highest BCUT2D eigenvalue weighted by Gasteiger charge is 2.24. The van der Waals surface area contributed by atoms with Crippen LogP contribution in [0, 0.1) is 0 Å². The number of nitrogens with one attached hydrogen (secondary N) is 1. The van der Waals surface area contributed by atoms with Crippen LogP contribution in [0.5, 0.6) is 0 Å². The van der Waals surface area contributed by atoms with E-state index in [2.05, 4.69) is 21.8 Å². The highest BCUT2D eigenvalue weighted by atomic mass is 35.5. The molecule has 1 aliphatic heterocycles. The Balaban J connectivity index is 1.77. The van der Waals surface area contributed by atoms with Crippen LogP contribution >= 0.6 is 22.9 Å². The summed E-state index contributed by atoms with van der Waals surface area (Å²) in [7, 11) is -3.54. The van der Waals surface area contributed by atoms with Gasteiger partial charge in [-0.05, 0) is 43.6 Å². The van der Waals surface area contributed by atoms with Gasteiger partial charge in [0.25, 0.3) is 0 Å². The van der Waals surface area contributed by atoms with E-state index in [1.165, 1.54) is 19.3 Å². The molecule has 1 atom stereocenters. The maximum atomic E-state index is 12.6. The number of hydrogen-bond donors (Lipinski definition) is 1. The Bertz CT molecular complexity index is 785. The normalized spacial score (nSPS) is 18.2. The molecule has 0 aliphatic carbocycles. The maximum Gasteiger partial charge on any atom is 0.250 e. The van der Waals surface area contributed by atoms with Crippen molar-refractivity contribution in [2.75, 3.05) is 19.6 Å². The Morgan fingerprint density at radius 3 is 2.27 bits per heavy atom. The summed E-state index contributed by atoms with van der Waals surface area (Å²) in [6, 6.07) is 13.4. The first-order valence-corrected chi connectivity index (χ1v) is 11.8. The first kappa shape index (κ1) is 19.8. The van der Waals surface area contributed by atoms with E-state index in [9.17, 15) is 8.42 Å². The molecule has 1 aromatic heterocycles. The van der Waals surface area contributed by atoms with E-state index in [1.807, 2.05) is 18.2 Å². The number of thiophene rings is 1. The number of benzene rings is 1. The summed E-state index contributed by atoms with van der Waals surface area (Å²) in [5.41, 5.74) is 1.15. The molecule has 0 spiro atoms. The van der Waals surface area contributed by atoms with Crippen molar-refractivity contribution < 1.29 is 8.42 Å². The highest BCUT2D eigenvalue weighted by molar-refractivity contribution is 7.91. The fourth-order valence-electron chi connectivity index (χ4n) is 3.42. The molecule has 0 bridgehead atoms. The molecule has 1 N–H and O–H groups in total. The average molecular weight is 413 g/mol. The molecule has 7 heteroatoms. The Labute approximate surface area is 165 Å². The van der Waals surface area contributed by atoms with Gasteiger partial charge >= 0.3 is 0 Å². The highest BCUT2D eigenvalue weighted by Crippen LogP contribution is 2.27. The Morgan fingerprint density at radius 2 is 1.65 bits per heavy atom. The molecule has 0 unspecified atom stereocenters. The van der Waals surface area contributed by atoms with Gasteiger partial charge in [-0.15, -0.1) is 11.3 Å². The van der Waals surface area contributed by atoms with Crippen molar-refractivity contribution in [3.05, 3.63) is 52.4 Å². The molecule has 1 saturated heterocycles. The second-order valence-electron chi connectivity index (χ2n) is 6.64. The van der Waals surface area contributed by atoms with E-state index in [-0.39, 0.29) is 10.3 Å². The Morgan fingerprint density at radius 1 is 1.00 bits per heavy atom. The summed E-state index contributed by atoms with van der Waals surface area (Å²) in [5.74, 6) is 0. The maximum absolute atomic E-state index is 12.6. The van der Waals surface area contributed by atoms with E-state index in [1.54, 1.807) is 12.1 Å². The van der Waals surface area contributed by atoms with Crippen molar-refractivity contribution in [3.63, 3.8) is 0 Å². The van der Waals surface area contributed by atoms with E-state index < -0.39 is 10.0 Å². The van der Waals surface area contributed by atoms with Gasteiger partial charge in [-0.2, -0.15) is 0 Å². The van der Waals surface area contributed by atoms with Crippen molar-refractivity contribution in [2.24, 2.45) is 0 Å². The van der Waals surface area contributed by atoms with Crippen molar-refractivity contribution in [1.82, 2.24) is 9.62 Å². The lowest BCUT2D eigenvalue weighted by atomic mass is 10.0. The Kier molecular flexibility index (Phi) is 7.12. The lowest BCUT2D eigenvalue weighted by Gasteiger charge is -2.33. The standard InChI is InChI=1S/C19H25ClN2O2S2/c20-18-11-12-19(25-18)26(23,24)21-15-17(16-9-5-4-6-10-16)22-13-7-2-1-3-8-14-22/h4-6,9-12,17,21H,1-3,7-8,13-15H2/t17-/m1/s1. The van der Waals surface area contributed by atoms with Gasteiger partial charge in [0.1, 0.15) is 4.21 Å². The van der Waals surface area contributed by atoms with Gasteiger partial charge in [-0.3, -0.25) is 4.90 Å². The van der Waals surface area contributed by atoms with Crippen molar-refractivity contribution >= 4 is 33.0 Å². The van der Waals surface area contributed by atoms with Crippen LogP contribution in [0.4, 0.5) is 0 Å². The summed E-state index contributed by atoms with van der Waals surface area (Å²) >= 11 is 6.98. The summed E-state index contributed by atoms with van der Waals surface area (Å²) in [4.78, 5) is 2.43. The van der Waals surface area contributed by atoms with Gasteiger partial charge < -0.3 is 0 Å². The number of nitrogens with zero attached hydrogens (tertiary/aromatic N) is 1. The van der Waals surface area contributed by atoms with Crippen LogP contribution in [0.1, 0.15) is 43.7 Å². The third kappa shape index (κ3) is 5.30. The monoisotopic (exact) mass is 412 g/mol. The SMILES string of the molecule is O=S(=O)(NC[C@H](c1ccccc1)N1CCCCCCC1)c1ccc(Cl)s1. The van der Waals surface area contributed by atoms with Gasteiger partial charge in [0.05, 0.1) is 4.34 Å². The average Bonchev–Trinajstić information content (AvgIpc) is 3.05. The zero-order valence-electron chi connectivity index (χ0n) is 14.7. The molecule has 0 amide bonds. The van der Waals surface area contributed by atoms with Crippen molar-refractivity contribution in [2.45, 2.75) is 42.4 Å². The molecule has 0 radical (unpaired) electrons. The van der Waals surface area contributed by atoms with Gasteiger partial charge in [-0.1, -0.05) is 61.2 Å². The molecule has 0 saturated carbocycles. The predicted molar refractivity (Wildman–Crippen MR) is 108 cm³/mol. The molecule has 4 nitrogen and oxygen atoms in total. The number of sulfonamides is 1. The van der Waals surface area contributed by atoms with Crippen LogP contribution in [-0.4, -0.2) is 33.0 Å². The van der Waals surface area contributed by atoms with Crippen LogP contribution in [0.25, 0.3) is 0 Å². The van der Waals surface area contributed by atoms with Gasteiger partial charge in [0, 0.05) is 12.6 Å². The minimum atomic E-state index is -3.54. The van der Waals surface area contributed by atoms with Crippen LogP contribution in [0.15, 0.2) is 46.7 Å². The number of rotatable bonds is 6. The number of halogens is 1. The second kappa shape index (κ2) is 9.33. The first-order valence-electron chi connectivity index (χ1n) is 9.10. The zero-order chi connectivity index (χ0) is 18.4. The topological polar surface area (TPSA) is 49.4 Å². The van der Waals surface area contributed by atoms with Gasteiger partial charge in [0.15, 0.2) is 0 Å². The van der Waals surface area contributed by atoms with E-state index >= 15 is 0 Å². The third-order valence-electron chi connectivity index (χ3n) is 4.80. The fourth-order valence-corrected chi connectivity index (χ4v) is 5.98. The predicted octanol–water partition coefficient (Wildman–Crippen LogP) is 4.69. The number of hydrogen-bond acceptors (Lipinski definition) is 4. The largest absolute Gasteiger partial charge is 0.295 e. The molecule has 2 aromatic rings. The molecule has 3 rings (SSSR count). The fraction of sp³-hybridized carbons (Fsp3) is 0.474. The summed E-state index contributed by atoms with van der Waals surface area (Å²) in [5, 5.41) is 0. The summed E-state index contributed by atoms with van der Waals surface area (Å²) in [6.45, 7) is 2.38. The Hall–Kier alpha value is -0.920. The molecule has 1 aromatic carbocycles. The van der Waals surface area contributed by atoms with Crippen molar-refractivity contribution in [3.8, 4) is 0 Å². The third-order valence-corrected chi connectivity index (χ3v) is 7.94. The van der Waals surface area contributed by atoms with E-state index in [4.69, 9.17) is 11.6 Å². The second-order valence-corrected chi connectivity index (χ2v) is 10.3.